The molecule has 0 rings (SSSR count). The predicted molar refractivity (Wildman–Crippen MR) is 57.7 cm³/mol. The lowest BCUT2D eigenvalue weighted by molar-refractivity contribution is -0.923. The highest BCUT2D eigenvalue weighted by Gasteiger charge is 2.18. The maximum Gasteiger partial charge on any atom is 0.0798 e. The van der Waals surface area contributed by atoms with Crippen molar-refractivity contribution in [1.82, 2.24) is 0 Å². The number of quaternary nitrogens is 1. The van der Waals surface area contributed by atoms with Crippen LogP contribution in [-0.2, 0) is 0 Å². The molecule has 0 saturated heterocycles. The van der Waals surface area contributed by atoms with Gasteiger partial charge in [0.25, 0.3) is 0 Å². The molecule has 0 aromatic rings. The largest absolute Gasteiger partial charge is 1.00 e. The lowest BCUT2D eigenvalue weighted by atomic mass is 10.3. The summed E-state index contributed by atoms with van der Waals surface area (Å²) in [6.45, 7) is 12.6. The van der Waals surface area contributed by atoms with Crippen molar-refractivity contribution >= 4 is 12.4 Å². The summed E-state index contributed by atoms with van der Waals surface area (Å²) in [6, 6.07) is 0. The third-order valence-corrected chi connectivity index (χ3v) is 2.85. The minimum Gasteiger partial charge on any atom is -1.00 e. The number of hydrogen-bond donors (Lipinski definition) is 1. The van der Waals surface area contributed by atoms with E-state index in [1.807, 2.05) is 0 Å². The van der Waals surface area contributed by atoms with Crippen molar-refractivity contribution in [3.63, 3.8) is 0 Å². The molecule has 0 aliphatic rings. The smallest absolute Gasteiger partial charge is 0.0798 e. The molecule has 0 aliphatic carbocycles. The van der Waals surface area contributed by atoms with Gasteiger partial charge in [0.15, 0.2) is 0 Å². The van der Waals surface area contributed by atoms with Gasteiger partial charge >= 0.3 is 0 Å². The van der Waals surface area contributed by atoms with E-state index in [2.05, 4.69) is 20.8 Å². The van der Waals surface area contributed by atoms with Gasteiger partial charge in [-0.3, -0.25) is 0 Å². The maximum absolute atomic E-state index is 5.49. The summed E-state index contributed by atoms with van der Waals surface area (Å²) in [5, 5.41) is 0. The van der Waals surface area contributed by atoms with Crippen molar-refractivity contribution < 1.29 is 21.5 Å². The van der Waals surface area contributed by atoms with Gasteiger partial charge in [0.05, 0.1) is 26.2 Å². The third kappa shape index (κ3) is 6.72. The Morgan fingerprint density at radius 3 is 1.62 bits per heavy atom. The van der Waals surface area contributed by atoms with Gasteiger partial charge in [-0.2, -0.15) is 0 Å². The second kappa shape index (κ2) is 10.8. The van der Waals surface area contributed by atoms with Gasteiger partial charge in [0.2, 0.25) is 0 Å². The average Bonchev–Trinajstić information content (AvgIpc) is 2.08. The summed E-state index contributed by atoms with van der Waals surface area (Å²) in [5.41, 5.74) is 5.49. The van der Waals surface area contributed by atoms with Crippen LogP contribution >= 0.6 is 12.4 Å². The van der Waals surface area contributed by atoms with Crippen LogP contribution in [0.5, 0.6) is 0 Å². The zero-order chi connectivity index (χ0) is 8.74. The summed E-state index contributed by atoms with van der Waals surface area (Å²) in [5.74, 6) is 0. The fourth-order valence-corrected chi connectivity index (χ4v) is 1.57. The van der Waals surface area contributed by atoms with Crippen molar-refractivity contribution in [3.8, 4) is 0 Å². The molecule has 2 N–H and O–H groups in total. The summed E-state index contributed by atoms with van der Waals surface area (Å²) >= 11 is 0. The first-order valence-electron chi connectivity index (χ1n) is 4.79. The minimum atomic E-state index is 0. The number of hydrogen-bond acceptors (Lipinski definition) is 1. The summed E-state index contributed by atoms with van der Waals surface area (Å²) in [7, 11) is 0. The quantitative estimate of drug-likeness (QED) is 0.595. The Morgan fingerprint density at radius 2 is 1.38 bits per heavy atom. The summed E-state index contributed by atoms with van der Waals surface area (Å²) < 4.78 is 1.23. The lowest BCUT2D eigenvalue weighted by Crippen LogP contribution is -3.00. The zero-order valence-electron chi connectivity index (χ0n) is 9.05. The number of halogens is 2. The molecule has 0 bridgehead atoms. The first-order chi connectivity index (χ1) is 5.24. The normalized spacial score (nSPS) is 10.2. The minimum absolute atomic E-state index is 0. The van der Waals surface area contributed by atoms with Gasteiger partial charge in [0, 0.05) is 6.42 Å². The maximum atomic E-state index is 5.49. The molecule has 0 atom stereocenters. The molecule has 0 heterocycles. The molecule has 0 amide bonds. The highest BCUT2D eigenvalue weighted by atomic mass is 79.9. The van der Waals surface area contributed by atoms with Gasteiger partial charge in [-0.1, -0.05) is 0 Å². The van der Waals surface area contributed by atoms with E-state index >= 15 is 0 Å². The second-order valence-electron chi connectivity index (χ2n) is 3.16. The van der Waals surface area contributed by atoms with E-state index in [9.17, 15) is 0 Å². The number of nitrogens with zero attached hydrogens (tertiary/aromatic N) is 1. The Morgan fingerprint density at radius 1 is 1.00 bits per heavy atom. The molecule has 0 fully saturated rings. The van der Waals surface area contributed by atoms with E-state index in [0.717, 1.165) is 13.0 Å². The Balaban J connectivity index is -0.000000500. The molecular weight excluding hydrogens is 251 g/mol. The molecule has 0 aromatic heterocycles. The fraction of sp³-hybridized carbons (Fsp3) is 1.00. The van der Waals surface area contributed by atoms with Gasteiger partial charge in [-0.05, 0) is 27.3 Å². The van der Waals surface area contributed by atoms with Crippen LogP contribution in [0.1, 0.15) is 27.2 Å². The highest BCUT2D eigenvalue weighted by molar-refractivity contribution is 5.85. The van der Waals surface area contributed by atoms with E-state index in [0.29, 0.717) is 0 Å². The highest BCUT2D eigenvalue weighted by Crippen LogP contribution is 2.05. The van der Waals surface area contributed by atoms with E-state index in [-0.39, 0.29) is 29.4 Å². The van der Waals surface area contributed by atoms with Crippen molar-refractivity contribution in [2.75, 3.05) is 32.7 Å². The van der Waals surface area contributed by atoms with Crippen molar-refractivity contribution in [3.05, 3.63) is 0 Å². The van der Waals surface area contributed by atoms with Gasteiger partial charge in [0.1, 0.15) is 0 Å². The second-order valence-corrected chi connectivity index (χ2v) is 3.16. The van der Waals surface area contributed by atoms with Crippen LogP contribution in [0.3, 0.4) is 0 Å². The monoisotopic (exact) mass is 274 g/mol. The number of rotatable bonds is 6. The Hall–Kier alpha value is 0.690. The molecule has 0 unspecified atom stereocenters. The standard InChI is InChI=1S/C9H23N2.BrH.ClH/c1-4-11(5-2,6-3)9-7-8-10;;/h4-10H2,1-3H3;2*1H/q+1;;/p-1. The van der Waals surface area contributed by atoms with E-state index in [1.54, 1.807) is 0 Å². The molecule has 4 heteroatoms. The Kier molecular flexibility index (Phi) is 16.0. The fourth-order valence-electron chi connectivity index (χ4n) is 1.57. The number of nitrogens with two attached hydrogens (primary N) is 1. The van der Waals surface area contributed by atoms with Crippen LogP contribution in [0.2, 0.25) is 0 Å². The molecule has 0 aromatic carbocycles. The molecule has 0 saturated carbocycles. The van der Waals surface area contributed by atoms with Crippen LogP contribution in [0.25, 0.3) is 0 Å². The van der Waals surface area contributed by atoms with Crippen molar-refractivity contribution in [1.29, 1.82) is 0 Å². The molecular formula is C9H24BrClN2. The lowest BCUT2D eigenvalue weighted by Gasteiger charge is -2.35. The molecule has 13 heavy (non-hydrogen) atoms. The molecule has 0 aliphatic heterocycles. The molecule has 84 valence electrons. The van der Waals surface area contributed by atoms with Crippen LogP contribution in [0, 0.1) is 0 Å². The SMILES string of the molecule is CC[N+](CC)(CC)CCCN.Cl.[Br-]. The molecule has 2 nitrogen and oxygen atoms in total. The van der Waals surface area contributed by atoms with Crippen LogP contribution in [0.4, 0.5) is 0 Å². The van der Waals surface area contributed by atoms with Gasteiger partial charge in [-0.15, -0.1) is 12.4 Å². The Bertz CT molecular complexity index is 89.4. The molecule has 0 radical (unpaired) electrons. The van der Waals surface area contributed by atoms with E-state index in [4.69, 9.17) is 5.73 Å². The summed E-state index contributed by atoms with van der Waals surface area (Å²) in [4.78, 5) is 0. The Labute approximate surface area is 99.6 Å². The van der Waals surface area contributed by atoms with Gasteiger partial charge in [-0.25, -0.2) is 0 Å². The van der Waals surface area contributed by atoms with E-state index in [1.165, 1.54) is 30.7 Å². The van der Waals surface area contributed by atoms with Crippen LogP contribution in [-0.4, -0.2) is 37.2 Å². The van der Waals surface area contributed by atoms with Crippen LogP contribution < -0.4 is 22.7 Å². The molecule has 0 spiro atoms. The van der Waals surface area contributed by atoms with Crippen LogP contribution in [0.15, 0.2) is 0 Å². The van der Waals surface area contributed by atoms with Crippen molar-refractivity contribution in [2.24, 2.45) is 5.73 Å². The van der Waals surface area contributed by atoms with Crippen molar-refractivity contribution in [2.45, 2.75) is 27.2 Å². The first-order valence-corrected chi connectivity index (χ1v) is 4.79. The average molecular weight is 276 g/mol. The third-order valence-electron chi connectivity index (χ3n) is 2.85. The zero-order valence-corrected chi connectivity index (χ0v) is 11.5. The topological polar surface area (TPSA) is 26.0 Å². The summed E-state index contributed by atoms with van der Waals surface area (Å²) in [6.07, 6.45) is 1.16. The first kappa shape index (κ1) is 19.3. The van der Waals surface area contributed by atoms with E-state index < -0.39 is 0 Å². The predicted octanol–water partition coefficient (Wildman–Crippen LogP) is -1.36. The van der Waals surface area contributed by atoms with Gasteiger partial charge < -0.3 is 27.2 Å².